The Kier molecular flexibility index (Phi) is 3.70. The molecule has 1 aromatic rings. The normalized spacial score (nSPS) is 23.1. The molecular weight excluding hydrogens is 282 g/mol. The summed E-state index contributed by atoms with van der Waals surface area (Å²) >= 11 is 0. The van der Waals surface area contributed by atoms with Gasteiger partial charge in [-0.2, -0.15) is 0 Å². The van der Waals surface area contributed by atoms with Crippen molar-refractivity contribution in [1.29, 1.82) is 0 Å². The van der Waals surface area contributed by atoms with E-state index in [0.29, 0.717) is 18.2 Å². The highest BCUT2D eigenvalue weighted by atomic mass is 32.2. The van der Waals surface area contributed by atoms with Crippen LogP contribution in [0, 0.1) is 16.0 Å². The van der Waals surface area contributed by atoms with Crippen molar-refractivity contribution in [2.24, 2.45) is 11.1 Å². The first-order valence-corrected chi connectivity index (χ1v) is 7.84. The number of nitro benzene ring substituents is 1. The smallest absolute Gasteiger partial charge is 0.271 e. The zero-order valence-corrected chi connectivity index (χ0v) is 12.1. The number of primary sulfonamides is 1. The number of anilines is 1. The number of benzene rings is 1. The average molecular weight is 299 g/mol. The summed E-state index contributed by atoms with van der Waals surface area (Å²) in [5.41, 5.74) is 0.178. The highest BCUT2D eigenvalue weighted by molar-refractivity contribution is 7.89. The monoisotopic (exact) mass is 299 g/mol. The van der Waals surface area contributed by atoms with Crippen LogP contribution in [0.15, 0.2) is 23.1 Å². The average Bonchev–Trinajstić information content (AvgIpc) is 2.68. The zero-order chi connectivity index (χ0) is 15.1. The number of hydrogen-bond donors (Lipinski definition) is 1. The first kappa shape index (κ1) is 14.7. The molecule has 0 aliphatic carbocycles. The second kappa shape index (κ2) is 5.02. The van der Waals surface area contributed by atoms with E-state index in [1.165, 1.54) is 12.1 Å². The van der Waals surface area contributed by atoms with E-state index >= 15 is 0 Å². The molecule has 2 N–H and O–H groups in total. The summed E-state index contributed by atoms with van der Waals surface area (Å²) in [5, 5.41) is 16.1. The molecular formula is C12H17N3O4S. The number of non-ortho nitro benzene ring substituents is 1. The van der Waals surface area contributed by atoms with E-state index in [0.717, 1.165) is 12.5 Å². The molecule has 0 radical (unpaired) electrons. The van der Waals surface area contributed by atoms with Gasteiger partial charge in [0, 0.05) is 24.7 Å². The van der Waals surface area contributed by atoms with E-state index in [-0.39, 0.29) is 16.6 Å². The number of rotatable bonds is 3. The Morgan fingerprint density at radius 1 is 1.40 bits per heavy atom. The lowest BCUT2D eigenvalue weighted by Crippen LogP contribution is -2.31. The number of sulfonamides is 1. The van der Waals surface area contributed by atoms with Crippen molar-refractivity contribution >= 4 is 21.4 Å². The molecule has 0 unspecified atom stereocenters. The number of nitrogens with zero attached hydrogens (tertiary/aromatic N) is 2. The lowest BCUT2D eigenvalue weighted by Gasteiger charge is -2.27. The fraction of sp³-hybridized carbons (Fsp3) is 0.500. The van der Waals surface area contributed by atoms with Gasteiger partial charge < -0.3 is 4.90 Å². The fourth-order valence-corrected chi connectivity index (χ4v) is 3.24. The Balaban J connectivity index is 2.59. The van der Waals surface area contributed by atoms with Crippen LogP contribution in [0.3, 0.4) is 0 Å². The van der Waals surface area contributed by atoms with Gasteiger partial charge >= 0.3 is 0 Å². The maximum atomic E-state index is 11.7. The molecule has 1 fully saturated rings. The zero-order valence-electron chi connectivity index (χ0n) is 11.3. The van der Waals surface area contributed by atoms with Crippen molar-refractivity contribution in [3.05, 3.63) is 28.3 Å². The molecule has 2 rings (SSSR count). The van der Waals surface area contributed by atoms with Gasteiger partial charge in [-0.05, 0) is 25.3 Å². The lowest BCUT2D eigenvalue weighted by molar-refractivity contribution is -0.384. The van der Waals surface area contributed by atoms with Crippen LogP contribution in [0.1, 0.15) is 20.3 Å². The van der Waals surface area contributed by atoms with Crippen LogP contribution in [-0.2, 0) is 10.0 Å². The third-order valence-electron chi connectivity index (χ3n) is 3.91. The van der Waals surface area contributed by atoms with E-state index < -0.39 is 14.9 Å². The Bertz CT molecular complexity index is 644. The maximum absolute atomic E-state index is 11.7. The van der Waals surface area contributed by atoms with E-state index in [2.05, 4.69) is 6.92 Å². The van der Waals surface area contributed by atoms with Crippen LogP contribution in [0.5, 0.6) is 0 Å². The van der Waals surface area contributed by atoms with Gasteiger partial charge in [-0.15, -0.1) is 0 Å². The van der Waals surface area contributed by atoms with Gasteiger partial charge in [-0.25, -0.2) is 13.6 Å². The number of hydrogen-bond acceptors (Lipinski definition) is 5. The maximum Gasteiger partial charge on any atom is 0.271 e. The van der Waals surface area contributed by atoms with Crippen LogP contribution in [0.25, 0.3) is 0 Å². The summed E-state index contributed by atoms with van der Waals surface area (Å²) in [6, 6.07) is 3.76. The van der Waals surface area contributed by atoms with Crippen LogP contribution in [-0.4, -0.2) is 25.9 Å². The Labute approximate surface area is 117 Å². The minimum absolute atomic E-state index is 0.0657. The molecule has 0 saturated carbocycles. The number of nitro groups is 1. The topological polar surface area (TPSA) is 107 Å². The molecule has 110 valence electrons. The Morgan fingerprint density at radius 3 is 2.50 bits per heavy atom. The van der Waals surface area contributed by atoms with Crippen molar-refractivity contribution in [1.82, 2.24) is 0 Å². The Hall–Kier alpha value is -1.67. The highest BCUT2D eigenvalue weighted by Gasteiger charge is 2.31. The minimum Gasteiger partial charge on any atom is -0.367 e. The van der Waals surface area contributed by atoms with Crippen LogP contribution in [0.2, 0.25) is 0 Å². The first-order valence-electron chi connectivity index (χ1n) is 6.29. The molecule has 1 heterocycles. The van der Waals surface area contributed by atoms with Crippen molar-refractivity contribution in [3.63, 3.8) is 0 Å². The Morgan fingerprint density at radius 2 is 2.05 bits per heavy atom. The SMILES string of the molecule is C[C@@H]1CCN(c2cc([N+](=O)[O-])ccc2S(N)(=O)=O)[C@@H]1C. The van der Waals surface area contributed by atoms with Crippen LogP contribution in [0.4, 0.5) is 11.4 Å². The van der Waals surface area contributed by atoms with E-state index in [9.17, 15) is 18.5 Å². The van der Waals surface area contributed by atoms with Gasteiger partial charge in [0.1, 0.15) is 4.90 Å². The quantitative estimate of drug-likeness (QED) is 0.672. The van der Waals surface area contributed by atoms with Gasteiger partial charge in [0.2, 0.25) is 10.0 Å². The van der Waals surface area contributed by atoms with E-state index in [1.54, 1.807) is 0 Å². The largest absolute Gasteiger partial charge is 0.367 e. The first-order chi connectivity index (χ1) is 9.21. The standard InChI is InChI=1S/C12H17N3O4S/c1-8-5-6-14(9(8)2)11-7-10(15(16)17)3-4-12(11)20(13,18)19/h3-4,7-9H,5-6H2,1-2H3,(H2,13,18,19)/t8-,9-/m1/s1. The lowest BCUT2D eigenvalue weighted by atomic mass is 10.1. The molecule has 1 aliphatic heterocycles. The van der Waals surface area contributed by atoms with Gasteiger partial charge in [-0.3, -0.25) is 10.1 Å². The van der Waals surface area contributed by atoms with Gasteiger partial charge in [0.15, 0.2) is 0 Å². The summed E-state index contributed by atoms with van der Waals surface area (Å²) in [6.07, 6.45) is 0.911. The van der Waals surface area contributed by atoms with E-state index in [1.807, 2.05) is 11.8 Å². The predicted octanol–water partition coefficient (Wildman–Crippen LogP) is 1.48. The van der Waals surface area contributed by atoms with Gasteiger partial charge in [0.05, 0.1) is 10.6 Å². The highest BCUT2D eigenvalue weighted by Crippen LogP contribution is 2.35. The third-order valence-corrected chi connectivity index (χ3v) is 4.87. The molecule has 1 saturated heterocycles. The minimum atomic E-state index is -3.92. The summed E-state index contributed by atoms with van der Waals surface area (Å²) in [5.74, 6) is 0.391. The number of nitrogens with two attached hydrogens (primary N) is 1. The second-order valence-electron chi connectivity index (χ2n) is 5.15. The fourth-order valence-electron chi connectivity index (χ4n) is 2.52. The van der Waals surface area contributed by atoms with Crippen molar-refractivity contribution in [2.45, 2.75) is 31.2 Å². The molecule has 0 amide bonds. The van der Waals surface area contributed by atoms with E-state index in [4.69, 9.17) is 5.14 Å². The summed E-state index contributed by atoms with van der Waals surface area (Å²) in [4.78, 5) is 12.1. The molecule has 1 aliphatic rings. The van der Waals surface area contributed by atoms with Gasteiger partial charge in [0.25, 0.3) is 5.69 Å². The third kappa shape index (κ3) is 2.61. The van der Waals surface area contributed by atoms with Crippen LogP contribution < -0.4 is 10.0 Å². The molecule has 20 heavy (non-hydrogen) atoms. The summed E-state index contributed by atoms with van der Waals surface area (Å²) < 4.78 is 23.3. The van der Waals surface area contributed by atoms with Crippen LogP contribution >= 0.6 is 0 Å². The molecule has 2 atom stereocenters. The molecule has 8 heteroatoms. The predicted molar refractivity (Wildman–Crippen MR) is 75.1 cm³/mol. The molecule has 0 bridgehead atoms. The van der Waals surface area contributed by atoms with Crippen molar-refractivity contribution in [3.8, 4) is 0 Å². The molecule has 0 spiro atoms. The molecule has 0 aromatic heterocycles. The summed E-state index contributed by atoms with van der Waals surface area (Å²) in [6.45, 7) is 4.70. The van der Waals surface area contributed by atoms with Gasteiger partial charge in [-0.1, -0.05) is 6.92 Å². The van der Waals surface area contributed by atoms with Crippen molar-refractivity contribution in [2.75, 3.05) is 11.4 Å². The molecule has 1 aromatic carbocycles. The molecule has 7 nitrogen and oxygen atoms in total. The summed E-state index contributed by atoms with van der Waals surface area (Å²) in [7, 11) is -3.92. The second-order valence-corrected chi connectivity index (χ2v) is 6.68. The van der Waals surface area contributed by atoms with Crippen molar-refractivity contribution < 1.29 is 13.3 Å².